The van der Waals surface area contributed by atoms with Gasteiger partial charge in [-0.15, -0.1) is 0 Å². The Morgan fingerprint density at radius 3 is 2.68 bits per heavy atom. The highest BCUT2D eigenvalue weighted by atomic mass is 35.5. The molecule has 2 aromatic heterocycles. The van der Waals surface area contributed by atoms with Crippen LogP contribution in [0.25, 0.3) is 0 Å². The number of pyridine rings is 1. The number of carbonyl (C=O) groups is 1. The van der Waals surface area contributed by atoms with E-state index in [9.17, 15) is 9.90 Å². The number of aliphatic hydroxyl groups excluding tert-OH is 1. The standard InChI is InChI=1S/C12H10Cl2N2O3/c13-10-4-7(5-11(14)16-10)12(18)15-6-8(17)9-2-1-3-19-9/h1-5,8,17H,6H2,(H,15,18). The van der Waals surface area contributed by atoms with E-state index in [1.165, 1.54) is 18.4 Å². The van der Waals surface area contributed by atoms with Gasteiger partial charge in [-0.1, -0.05) is 23.2 Å². The van der Waals surface area contributed by atoms with Crippen molar-refractivity contribution in [3.05, 3.63) is 52.2 Å². The third-order valence-electron chi connectivity index (χ3n) is 2.35. The fraction of sp³-hybridized carbons (Fsp3) is 0.167. The van der Waals surface area contributed by atoms with Crippen molar-refractivity contribution in [2.24, 2.45) is 0 Å². The third kappa shape index (κ3) is 3.70. The number of hydrogen-bond donors (Lipinski definition) is 2. The molecule has 0 radical (unpaired) electrons. The van der Waals surface area contributed by atoms with E-state index in [0.29, 0.717) is 5.76 Å². The molecule has 0 fully saturated rings. The van der Waals surface area contributed by atoms with Crippen LogP contribution in [-0.2, 0) is 0 Å². The number of rotatable bonds is 4. The average molecular weight is 301 g/mol. The molecule has 0 aliphatic heterocycles. The van der Waals surface area contributed by atoms with E-state index in [0.717, 1.165) is 0 Å². The lowest BCUT2D eigenvalue weighted by Crippen LogP contribution is -2.28. The van der Waals surface area contributed by atoms with Crippen LogP contribution in [0.3, 0.4) is 0 Å². The van der Waals surface area contributed by atoms with Crippen molar-refractivity contribution in [2.45, 2.75) is 6.10 Å². The molecule has 0 saturated carbocycles. The molecule has 2 N–H and O–H groups in total. The zero-order chi connectivity index (χ0) is 13.8. The first-order valence-corrected chi connectivity index (χ1v) is 6.14. The summed E-state index contributed by atoms with van der Waals surface area (Å²) < 4.78 is 5.02. The molecule has 1 amide bonds. The summed E-state index contributed by atoms with van der Waals surface area (Å²) in [6.45, 7) is 0.0178. The van der Waals surface area contributed by atoms with Gasteiger partial charge in [-0.25, -0.2) is 4.98 Å². The third-order valence-corrected chi connectivity index (χ3v) is 2.74. The number of aromatic nitrogens is 1. The molecule has 19 heavy (non-hydrogen) atoms. The molecule has 0 spiro atoms. The van der Waals surface area contributed by atoms with E-state index in [2.05, 4.69) is 10.3 Å². The number of nitrogens with one attached hydrogen (secondary N) is 1. The van der Waals surface area contributed by atoms with E-state index in [-0.39, 0.29) is 22.4 Å². The lowest BCUT2D eigenvalue weighted by Gasteiger charge is -2.09. The number of nitrogens with zero attached hydrogens (tertiary/aromatic N) is 1. The predicted molar refractivity (Wildman–Crippen MR) is 70.3 cm³/mol. The second-order valence-corrected chi connectivity index (χ2v) is 4.52. The molecule has 100 valence electrons. The van der Waals surface area contributed by atoms with Crippen LogP contribution in [0, 0.1) is 0 Å². The van der Waals surface area contributed by atoms with Gasteiger partial charge in [0.25, 0.3) is 5.91 Å². The van der Waals surface area contributed by atoms with E-state index in [1.54, 1.807) is 12.1 Å². The lowest BCUT2D eigenvalue weighted by molar-refractivity contribution is 0.0901. The van der Waals surface area contributed by atoms with Crippen LogP contribution in [0.2, 0.25) is 10.3 Å². The van der Waals surface area contributed by atoms with Crippen molar-refractivity contribution in [1.82, 2.24) is 10.3 Å². The number of aliphatic hydroxyl groups is 1. The molecule has 0 saturated heterocycles. The second kappa shape index (κ2) is 6.06. The number of carbonyl (C=O) groups excluding carboxylic acids is 1. The van der Waals surface area contributed by atoms with E-state index in [4.69, 9.17) is 27.6 Å². The van der Waals surface area contributed by atoms with Crippen molar-refractivity contribution in [3.63, 3.8) is 0 Å². The zero-order valence-corrected chi connectivity index (χ0v) is 11.1. The summed E-state index contributed by atoms with van der Waals surface area (Å²) in [6.07, 6.45) is 0.537. The van der Waals surface area contributed by atoms with Gasteiger partial charge in [-0.3, -0.25) is 4.79 Å². The molecular formula is C12H10Cl2N2O3. The number of halogens is 2. The molecular weight excluding hydrogens is 291 g/mol. The highest BCUT2D eigenvalue weighted by molar-refractivity contribution is 6.33. The maximum absolute atomic E-state index is 11.8. The smallest absolute Gasteiger partial charge is 0.251 e. The van der Waals surface area contributed by atoms with Crippen molar-refractivity contribution >= 4 is 29.1 Å². The summed E-state index contributed by atoms with van der Waals surface area (Å²) in [5.41, 5.74) is 0.275. The Morgan fingerprint density at radius 2 is 2.11 bits per heavy atom. The van der Waals surface area contributed by atoms with Gasteiger partial charge >= 0.3 is 0 Å². The van der Waals surface area contributed by atoms with Crippen LogP contribution in [0.15, 0.2) is 34.9 Å². The molecule has 0 aromatic carbocycles. The van der Waals surface area contributed by atoms with Gasteiger partial charge in [-0.2, -0.15) is 0 Å². The summed E-state index contributed by atoms with van der Waals surface area (Å²) in [5, 5.41) is 12.5. The number of furan rings is 1. The van der Waals surface area contributed by atoms with Crippen LogP contribution in [0.4, 0.5) is 0 Å². The first kappa shape index (κ1) is 13.9. The highest BCUT2D eigenvalue weighted by Crippen LogP contribution is 2.15. The molecule has 1 atom stereocenters. The minimum absolute atomic E-state index is 0.0178. The Labute approximate surface area is 119 Å². The topological polar surface area (TPSA) is 75.4 Å². The van der Waals surface area contributed by atoms with E-state index in [1.807, 2.05) is 0 Å². The molecule has 0 bridgehead atoms. The molecule has 2 aromatic rings. The minimum Gasteiger partial charge on any atom is -0.467 e. The second-order valence-electron chi connectivity index (χ2n) is 3.74. The van der Waals surface area contributed by atoms with Gasteiger partial charge in [-0.05, 0) is 24.3 Å². The summed E-state index contributed by atoms with van der Waals surface area (Å²) in [5.74, 6) is -0.0251. The van der Waals surface area contributed by atoms with Crippen LogP contribution >= 0.6 is 23.2 Å². The Morgan fingerprint density at radius 1 is 1.42 bits per heavy atom. The van der Waals surface area contributed by atoms with Crippen molar-refractivity contribution in [2.75, 3.05) is 6.54 Å². The Bertz CT molecular complexity index is 552. The predicted octanol–water partition coefficient (Wildman–Crippen LogP) is 2.44. The van der Waals surface area contributed by atoms with Crippen molar-refractivity contribution < 1.29 is 14.3 Å². The Hall–Kier alpha value is -1.56. The molecule has 0 aliphatic carbocycles. The quantitative estimate of drug-likeness (QED) is 0.851. The highest BCUT2D eigenvalue weighted by Gasteiger charge is 2.13. The van der Waals surface area contributed by atoms with Gasteiger partial charge in [0.05, 0.1) is 12.8 Å². The van der Waals surface area contributed by atoms with Gasteiger partial charge in [0.1, 0.15) is 22.2 Å². The molecule has 0 aliphatic rings. The monoisotopic (exact) mass is 300 g/mol. The van der Waals surface area contributed by atoms with E-state index >= 15 is 0 Å². The lowest BCUT2D eigenvalue weighted by atomic mass is 10.2. The van der Waals surface area contributed by atoms with E-state index < -0.39 is 12.0 Å². The normalized spacial score (nSPS) is 12.2. The van der Waals surface area contributed by atoms with Crippen LogP contribution in [-0.4, -0.2) is 22.5 Å². The largest absolute Gasteiger partial charge is 0.467 e. The Kier molecular flexibility index (Phi) is 4.42. The Balaban J connectivity index is 1.98. The fourth-order valence-corrected chi connectivity index (χ4v) is 1.93. The maximum atomic E-state index is 11.8. The van der Waals surface area contributed by atoms with Gasteiger partial charge in [0.15, 0.2) is 0 Å². The molecule has 5 nitrogen and oxygen atoms in total. The van der Waals surface area contributed by atoms with Gasteiger partial charge < -0.3 is 14.8 Å². The molecule has 7 heteroatoms. The number of amides is 1. The SMILES string of the molecule is O=C(NCC(O)c1ccco1)c1cc(Cl)nc(Cl)c1. The average Bonchev–Trinajstić information content (AvgIpc) is 2.88. The first-order valence-electron chi connectivity index (χ1n) is 5.39. The zero-order valence-electron chi connectivity index (χ0n) is 9.64. The fourth-order valence-electron chi connectivity index (χ4n) is 1.47. The van der Waals surface area contributed by atoms with Gasteiger partial charge in [0, 0.05) is 5.56 Å². The first-order chi connectivity index (χ1) is 9.06. The summed E-state index contributed by atoms with van der Waals surface area (Å²) in [6, 6.07) is 6.06. The molecule has 2 rings (SSSR count). The maximum Gasteiger partial charge on any atom is 0.251 e. The van der Waals surface area contributed by atoms with Crippen molar-refractivity contribution in [3.8, 4) is 0 Å². The minimum atomic E-state index is -0.910. The summed E-state index contributed by atoms with van der Waals surface area (Å²) >= 11 is 11.4. The van der Waals surface area contributed by atoms with Crippen LogP contribution < -0.4 is 5.32 Å². The van der Waals surface area contributed by atoms with Crippen molar-refractivity contribution in [1.29, 1.82) is 0 Å². The van der Waals surface area contributed by atoms with Crippen LogP contribution in [0.5, 0.6) is 0 Å². The number of hydrogen-bond acceptors (Lipinski definition) is 4. The van der Waals surface area contributed by atoms with Crippen LogP contribution in [0.1, 0.15) is 22.2 Å². The molecule has 2 heterocycles. The summed E-state index contributed by atoms with van der Waals surface area (Å²) in [7, 11) is 0. The molecule has 1 unspecified atom stereocenters. The summed E-state index contributed by atoms with van der Waals surface area (Å²) in [4.78, 5) is 15.6. The van der Waals surface area contributed by atoms with Gasteiger partial charge in [0.2, 0.25) is 0 Å².